The molecule has 3 aromatic rings. The Bertz CT molecular complexity index is 1290. The van der Waals surface area contributed by atoms with Crippen LogP contribution >= 0.6 is 0 Å². The van der Waals surface area contributed by atoms with E-state index in [0.29, 0.717) is 31.6 Å². The van der Waals surface area contributed by atoms with Crippen molar-refractivity contribution < 1.29 is 27.5 Å². The summed E-state index contributed by atoms with van der Waals surface area (Å²) in [4.78, 5) is 20.2. The number of rotatable bonds is 7. The summed E-state index contributed by atoms with van der Waals surface area (Å²) in [5.41, 5.74) is 1.16. The van der Waals surface area contributed by atoms with Crippen LogP contribution in [0.25, 0.3) is 0 Å². The van der Waals surface area contributed by atoms with Gasteiger partial charge in [0.25, 0.3) is 0 Å². The smallest absolute Gasteiger partial charge is 0.435 e. The van der Waals surface area contributed by atoms with Crippen LogP contribution in [0.2, 0.25) is 0 Å². The van der Waals surface area contributed by atoms with E-state index >= 15 is 0 Å². The number of benzene rings is 2. The number of amides is 1. The lowest BCUT2D eigenvalue weighted by molar-refractivity contribution is -0.142. The van der Waals surface area contributed by atoms with Crippen LogP contribution in [0.1, 0.15) is 56.2 Å². The molecule has 208 valence electrons. The molecule has 3 heterocycles. The number of hydrogen-bond acceptors (Lipinski definition) is 5. The SMILES string of the molecule is CC.Cc1cc(C(F)(F)F)nn1CC(=O)N1CCC(CC2=NOC(c3ccccc3Oc3ccccc3)C2)C1. The highest BCUT2D eigenvalue weighted by atomic mass is 19.4. The molecule has 0 saturated carbocycles. The van der Waals surface area contributed by atoms with Crippen LogP contribution in [0.3, 0.4) is 0 Å². The number of halogens is 3. The summed E-state index contributed by atoms with van der Waals surface area (Å²) in [6.45, 7) is 6.39. The summed E-state index contributed by atoms with van der Waals surface area (Å²) in [6, 6.07) is 18.2. The molecule has 1 fully saturated rings. The average Bonchev–Trinajstić information content (AvgIpc) is 3.67. The molecule has 2 aliphatic heterocycles. The minimum Gasteiger partial charge on any atom is -0.457 e. The predicted molar refractivity (Wildman–Crippen MR) is 141 cm³/mol. The minimum absolute atomic E-state index is 0.209. The van der Waals surface area contributed by atoms with Crippen LogP contribution in [0.4, 0.5) is 13.2 Å². The van der Waals surface area contributed by atoms with Crippen LogP contribution < -0.4 is 4.74 Å². The molecule has 39 heavy (non-hydrogen) atoms. The van der Waals surface area contributed by atoms with E-state index in [0.717, 1.165) is 39.9 Å². The van der Waals surface area contributed by atoms with E-state index in [2.05, 4.69) is 10.3 Å². The molecule has 5 rings (SSSR count). The number of alkyl halides is 3. The molecule has 0 aliphatic carbocycles. The standard InChI is InChI=1S/C27H27F3N4O3.C2H6/c1-18-13-25(27(28,29)30)31-34(18)17-26(35)33-12-11-19(16-33)14-20-15-24(37-32-20)22-9-5-6-10-23(22)36-21-7-3-2-4-8-21;1-2/h2-10,13,19,24H,11-12,14-17H2,1H3;1-2H3. The zero-order valence-corrected chi connectivity index (χ0v) is 22.3. The summed E-state index contributed by atoms with van der Waals surface area (Å²) in [5.74, 6) is 1.43. The third-order valence-electron chi connectivity index (χ3n) is 6.69. The summed E-state index contributed by atoms with van der Waals surface area (Å²) in [6.07, 6.45) is -2.66. The van der Waals surface area contributed by atoms with Crippen molar-refractivity contribution in [3.63, 3.8) is 0 Å². The minimum atomic E-state index is -4.53. The second kappa shape index (κ2) is 12.4. The van der Waals surface area contributed by atoms with Gasteiger partial charge in [0.1, 0.15) is 18.0 Å². The Morgan fingerprint density at radius 2 is 1.82 bits per heavy atom. The maximum atomic E-state index is 12.9. The van der Waals surface area contributed by atoms with Crippen molar-refractivity contribution in [3.05, 3.63) is 77.6 Å². The quantitative estimate of drug-likeness (QED) is 0.330. The number of carbonyl (C=O) groups is 1. The Morgan fingerprint density at radius 1 is 1.10 bits per heavy atom. The Kier molecular flexibility index (Phi) is 8.93. The van der Waals surface area contributed by atoms with Gasteiger partial charge in [0.15, 0.2) is 11.8 Å². The highest BCUT2D eigenvalue weighted by molar-refractivity contribution is 5.86. The highest BCUT2D eigenvalue weighted by Crippen LogP contribution is 2.37. The van der Waals surface area contributed by atoms with Crippen molar-refractivity contribution in [2.75, 3.05) is 13.1 Å². The normalized spacial score (nSPS) is 18.7. The van der Waals surface area contributed by atoms with E-state index in [4.69, 9.17) is 9.57 Å². The van der Waals surface area contributed by atoms with Gasteiger partial charge in [-0.1, -0.05) is 55.4 Å². The van der Waals surface area contributed by atoms with E-state index in [1.165, 1.54) is 6.92 Å². The Morgan fingerprint density at radius 3 is 2.54 bits per heavy atom. The van der Waals surface area contributed by atoms with Gasteiger partial charge in [-0.15, -0.1) is 0 Å². The maximum Gasteiger partial charge on any atom is 0.435 e. The van der Waals surface area contributed by atoms with E-state index < -0.39 is 11.9 Å². The number of nitrogens with zero attached hydrogens (tertiary/aromatic N) is 4. The fraction of sp³-hybridized carbons (Fsp3) is 0.414. The van der Waals surface area contributed by atoms with Gasteiger partial charge in [0.2, 0.25) is 5.91 Å². The van der Waals surface area contributed by atoms with Crippen LogP contribution in [0.5, 0.6) is 11.5 Å². The molecule has 1 saturated heterocycles. The van der Waals surface area contributed by atoms with Gasteiger partial charge in [0, 0.05) is 30.8 Å². The van der Waals surface area contributed by atoms with E-state index in [-0.39, 0.29) is 24.5 Å². The highest BCUT2D eigenvalue weighted by Gasteiger charge is 2.35. The first-order valence-electron chi connectivity index (χ1n) is 13.2. The van der Waals surface area contributed by atoms with Crippen molar-refractivity contribution >= 4 is 11.6 Å². The summed E-state index contributed by atoms with van der Waals surface area (Å²) in [7, 11) is 0. The summed E-state index contributed by atoms with van der Waals surface area (Å²) in [5, 5.41) is 7.88. The molecular formula is C29H33F3N4O3. The zero-order chi connectivity index (χ0) is 28.0. The number of aryl methyl sites for hydroxylation is 1. The summed E-state index contributed by atoms with van der Waals surface area (Å²) < 4.78 is 45.9. The third-order valence-corrected chi connectivity index (χ3v) is 6.69. The van der Waals surface area contributed by atoms with Crippen LogP contribution in [-0.4, -0.2) is 39.4 Å². The van der Waals surface area contributed by atoms with Crippen LogP contribution in [-0.2, 0) is 22.4 Å². The van der Waals surface area contributed by atoms with Gasteiger partial charge in [-0.2, -0.15) is 18.3 Å². The molecule has 7 nitrogen and oxygen atoms in total. The second-order valence-electron chi connectivity index (χ2n) is 9.43. The largest absolute Gasteiger partial charge is 0.457 e. The first-order valence-corrected chi connectivity index (χ1v) is 13.2. The third kappa shape index (κ3) is 6.99. The molecule has 2 unspecified atom stereocenters. The van der Waals surface area contributed by atoms with E-state index in [1.807, 2.05) is 68.4 Å². The Hall–Kier alpha value is -3.82. The number of para-hydroxylation sites is 2. The zero-order valence-electron chi connectivity index (χ0n) is 22.3. The van der Waals surface area contributed by atoms with Crippen molar-refractivity contribution in [2.24, 2.45) is 11.1 Å². The molecule has 2 aliphatic rings. The summed E-state index contributed by atoms with van der Waals surface area (Å²) >= 11 is 0. The van der Waals surface area contributed by atoms with Crippen LogP contribution in [0.15, 0.2) is 65.8 Å². The van der Waals surface area contributed by atoms with Gasteiger partial charge >= 0.3 is 6.18 Å². The maximum absolute atomic E-state index is 12.9. The Labute approximate surface area is 226 Å². The van der Waals surface area contributed by atoms with Gasteiger partial charge in [-0.05, 0) is 49.9 Å². The van der Waals surface area contributed by atoms with Gasteiger partial charge in [-0.3, -0.25) is 9.48 Å². The fourth-order valence-electron chi connectivity index (χ4n) is 4.76. The van der Waals surface area contributed by atoms with Crippen molar-refractivity contribution in [1.82, 2.24) is 14.7 Å². The number of aromatic nitrogens is 2. The molecule has 0 spiro atoms. The molecule has 0 N–H and O–H groups in total. The molecule has 1 amide bonds. The van der Waals surface area contributed by atoms with Crippen molar-refractivity contribution in [3.8, 4) is 11.5 Å². The van der Waals surface area contributed by atoms with Gasteiger partial charge in [-0.25, -0.2) is 0 Å². The lowest BCUT2D eigenvalue weighted by atomic mass is 9.96. The van der Waals surface area contributed by atoms with E-state index in [9.17, 15) is 18.0 Å². The molecule has 0 bridgehead atoms. The number of ether oxygens (including phenoxy) is 1. The first-order chi connectivity index (χ1) is 18.8. The first kappa shape index (κ1) is 28.2. The molecule has 1 aromatic heterocycles. The number of hydrogen-bond donors (Lipinski definition) is 0. The van der Waals surface area contributed by atoms with Crippen LogP contribution in [0, 0.1) is 12.8 Å². The lowest BCUT2D eigenvalue weighted by Gasteiger charge is -2.17. The molecule has 2 aromatic carbocycles. The topological polar surface area (TPSA) is 69.0 Å². The Balaban J connectivity index is 0.00000172. The van der Waals surface area contributed by atoms with E-state index in [1.54, 1.807) is 4.90 Å². The van der Waals surface area contributed by atoms with Gasteiger partial charge in [0.05, 0.1) is 5.71 Å². The average molecular weight is 543 g/mol. The fourth-order valence-corrected chi connectivity index (χ4v) is 4.76. The van der Waals surface area contributed by atoms with Crippen molar-refractivity contribution in [1.29, 1.82) is 0 Å². The number of carbonyl (C=O) groups excluding carboxylic acids is 1. The molecule has 2 atom stereocenters. The molecule has 10 heteroatoms. The van der Waals surface area contributed by atoms with Gasteiger partial charge < -0.3 is 14.5 Å². The number of oxime groups is 1. The second-order valence-corrected chi connectivity index (χ2v) is 9.43. The lowest BCUT2D eigenvalue weighted by Crippen LogP contribution is -2.32. The van der Waals surface area contributed by atoms with Crippen molar-refractivity contribution in [2.45, 2.75) is 58.9 Å². The number of likely N-dealkylation sites (tertiary alicyclic amines) is 1. The molecular weight excluding hydrogens is 509 g/mol. The predicted octanol–water partition coefficient (Wildman–Crippen LogP) is 6.79. The monoisotopic (exact) mass is 542 g/mol. The molecule has 0 radical (unpaired) electrons.